The van der Waals surface area contributed by atoms with Crippen molar-refractivity contribution in [1.82, 2.24) is 9.88 Å². The number of likely N-dealkylation sites (tertiary alicyclic amines) is 1. The maximum Gasteiger partial charge on any atom is 0.267 e. The van der Waals surface area contributed by atoms with Gasteiger partial charge in [-0.3, -0.25) is 14.5 Å². The van der Waals surface area contributed by atoms with E-state index in [1.54, 1.807) is 6.20 Å². The fourth-order valence-electron chi connectivity index (χ4n) is 3.25. The van der Waals surface area contributed by atoms with Crippen molar-refractivity contribution in [3.8, 4) is 0 Å². The second kappa shape index (κ2) is 7.78. The Kier molecular flexibility index (Phi) is 5.62. The molecule has 1 aliphatic heterocycles. The summed E-state index contributed by atoms with van der Waals surface area (Å²) in [6, 6.07) is 7.45. The van der Waals surface area contributed by atoms with Gasteiger partial charge in [0, 0.05) is 17.6 Å². The van der Waals surface area contributed by atoms with E-state index in [0.29, 0.717) is 11.4 Å². The average Bonchev–Trinajstić information content (AvgIpc) is 3.25. The minimum Gasteiger partial charge on any atom is -0.368 e. The predicted molar refractivity (Wildman–Crippen MR) is 108 cm³/mol. The van der Waals surface area contributed by atoms with Gasteiger partial charge in [0.1, 0.15) is 4.88 Å². The number of aromatic nitrogens is 1. The number of thiazole rings is 1. The van der Waals surface area contributed by atoms with Crippen LogP contribution in [0.15, 0.2) is 30.5 Å². The monoisotopic (exact) mass is 386 g/mol. The number of rotatable bonds is 5. The highest BCUT2D eigenvalue weighted by Crippen LogP contribution is 2.28. The maximum absolute atomic E-state index is 12.7. The SMILES string of the molecule is CC(C)(C)c1ncc(C(=O)Nc2ccccc2CN2CCCC2C(N)=O)s1. The standard InChI is InChI=1S/C20H26N4O2S/c1-20(2,3)19-22-11-16(27-19)18(26)23-14-8-5-4-7-13(14)12-24-10-6-9-15(24)17(21)25/h4-5,7-8,11,15H,6,9-10,12H2,1-3H3,(H2,21,25)(H,23,26). The molecule has 0 spiro atoms. The highest BCUT2D eigenvalue weighted by molar-refractivity contribution is 7.13. The van der Waals surface area contributed by atoms with Crippen LogP contribution in [0.25, 0.3) is 0 Å². The fraction of sp³-hybridized carbons (Fsp3) is 0.450. The summed E-state index contributed by atoms with van der Waals surface area (Å²) in [4.78, 5) is 31.4. The first-order chi connectivity index (χ1) is 12.8. The number of carbonyl (C=O) groups excluding carboxylic acids is 2. The average molecular weight is 387 g/mol. The summed E-state index contributed by atoms with van der Waals surface area (Å²) in [6.07, 6.45) is 3.38. The van der Waals surface area contributed by atoms with Crippen molar-refractivity contribution >= 4 is 28.8 Å². The fourth-order valence-corrected chi connectivity index (χ4v) is 4.12. The summed E-state index contributed by atoms with van der Waals surface area (Å²) in [5, 5.41) is 3.93. The number of carbonyl (C=O) groups is 2. The number of anilines is 1. The molecule has 1 aromatic carbocycles. The van der Waals surface area contributed by atoms with Crippen molar-refractivity contribution in [2.24, 2.45) is 5.73 Å². The van der Waals surface area contributed by atoms with Crippen molar-refractivity contribution in [2.75, 3.05) is 11.9 Å². The van der Waals surface area contributed by atoms with E-state index in [2.05, 4.69) is 36.0 Å². The number of primary amides is 1. The summed E-state index contributed by atoms with van der Waals surface area (Å²) in [5.74, 6) is -0.447. The lowest BCUT2D eigenvalue weighted by atomic mass is 9.98. The van der Waals surface area contributed by atoms with E-state index >= 15 is 0 Å². The molecule has 7 heteroatoms. The molecular weight excluding hydrogens is 360 g/mol. The highest BCUT2D eigenvalue weighted by Gasteiger charge is 2.29. The van der Waals surface area contributed by atoms with Crippen LogP contribution in [0.3, 0.4) is 0 Å². The van der Waals surface area contributed by atoms with E-state index < -0.39 is 0 Å². The zero-order chi connectivity index (χ0) is 19.6. The molecular formula is C20H26N4O2S. The van der Waals surface area contributed by atoms with Crippen molar-refractivity contribution < 1.29 is 9.59 Å². The molecule has 0 bridgehead atoms. The molecule has 2 amide bonds. The van der Waals surface area contributed by atoms with Crippen LogP contribution in [-0.2, 0) is 16.8 Å². The summed E-state index contributed by atoms with van der Waals surface area (Å²) in [6.45, 7) is 7.65. The lowest BCUT2D eigenvalue weighted by Crippen LogP contribution is -2.39. The Bertz CT molecular complexity index is 841. The number of amides is 2. The van der Waals surface area contributed by atoms with E-state index in [1.165, 1.54) is 11.3 Å². The van der Waals surface area contributed by atoms with Crippen LogP contribution in [0.5, 0.6) is 0 Å². The predicted octanol–water partition coefficient (Wildman–Crippen LogP) is 3.14. The number of nitrogens with one attached hydrogen (secondary N) is 1. The molecule has 6 nitrogen and oxygen atoms in total. The molecule has 0 aliphatic carbocycles. The molecule has 1 aromatic heterocycles. The number of hydrogen-bond acceptors (Lipinski definition) is 5. The number of hydrogen-bond donors (Lipinski definition) is 2. The molecule has 0 saturated carbocycles. The second-order valence-electron chi connectivity index (χ2n) is 7.92. The van der Waals surface area contributed by atoms with E-state index in [9.17, 15) is 9.59 Å². The van der Waals surface area contributed by atoms with Gasteiger partial charge in [-0.25, -0.2) is 4.98 Å². The van der Waals surface area contributed by atoms with Gasteiger partial charge < -0.3 is 11.1 Å². The Morgan fingerprint density at radius 3 is 2.74 bits per heavy atom. The van der Waals surface area contributed by atoms with Crippen LogP contribution in [-0.4, -0.2) is 34.3 Å². The number of para-hydroxylation sites is 1. The highest BCUT2D eigenvalue weighted by atomic mass is 32.1. The Morgan fingerprint density at radius 1 is 1.33 bits per heavy atom. The van der Waals surface area contributed by atoms with E-state index in [4.69, 9.17) is 5.73 Å². The van der Waals surface area contributed by atoms with Crippen LogP contribution in [0.1, 0.15) is 53.9 Å². The third-order valence-corrected chi connectivity index (χ3v) is 6.12. The van der Waals surface area contributed by atoms with Gasteiger partial charge in [-0.15, -0.1) is 11.3 Å². The Labute approximate surface area is 163 Å². The lowest BCUT2D eigenvalue weighted by molar-refractivity contribution is -0.122. The molecule has 2 aromatic rings. The molecule has 1 unspecified atom stereocenters. The molecule has 1 saturated heterocycles. The van der Waals surface area contributed by atoms with Gasteiger partial charge in [-0.1, -0.05) is 39.0 Å². The Balaban J connectivity index is 1.75. The summed E-state index contributed by atoms with van der Waals surface area (Å²) in [7, 11) is 0. The van der Waals surface area contributed by atoms with E-state index in [0.717, 1.165) is 35.6 Å². The Hall–Kier alpha value is -2.25. The molecule has 27 heavy (non-hydrogen) atoms. The van der Waals surface area contributed by atoms with Gasteiger partial charge in [0.2, 0.25) is 5.91 Å². The molecule has 1 aliphatic rings. The van der Waals surface area contributed by atoms with Crippen LogP contribution in [0.2, 0.25) is 0 Å². The smallest absolute Gasteiger partial charge is 0.267 e. The van der Waals surface area contributed by atoms with E-state index in [1.807, 2.05) is 24.3 Å². The molecule has 0 radical (unpaired) electrons. The van der Waals surface area contributed by atoms with Crippen LogP contribution in [0.4, 0.5) is 5.69 Å². The summed E-state index contributed by atoms with van der Waals surface area (Å²) < 4.78 is 0. The maximum atomic E-state index is 12.7. The minimum atomic E-state index is -0.284. The van der Waals surface area contributed by atoms with Crippen molar-refractivity contribution in [3.05, 3.63) is 45.9 Å². The van der Waals surface area contributed by atoms with E-state index in [-0.39, 0.29) is 23.3 Å². The Morgan fingerprint density at radius 2 is 2.07 bits per heavy atom. The van der Waals surface area contributed by atoms with Crippen LogP contribution < -0.4 is 11.1 Å². The van der Waals surface area contributed by atoms with Crippen molar-refractivity contribution in [1.29, 1.82) is 0 Å². The summed E-state index contributed by atoms with van der Waals surface area (Å²) in [5.41, 5.74) is 7.16. The molecule has 1 atom stereocenters. The third kappa shape index (κ3) is 4.54. The van der Waals surface area contributed by atoms with Crippen molar-refractivity contribution in [3.63, 3.8) is 0 Å². The molecule has 144 valence electrons. The lowest BCUT2D eigenvalue weighted by Gasteiger charge is -2.23. The molecule has 1 fully saturated rings. The van der Waals surface area contributed by atoms with Crippen LogP contribution >= 0.6 is 11.3 Å². The molecule has 3 rings (SSSR count). The first-order valence-electron chi connectivity index (χ1n) is 9.14. The summed E-state index contributed by atoms with van der Waals surface area (Å²) >= 11 is 1.42. The van der Waals surface area contributed by atoms with Gasteiger partial charge in [-0.05, 0) is 31.0 Å². The van der Waals surface area contributed by atoms with Crippen molar-refractivity contribution in [2.45, 2.75) is 51.6 Å². The number of benzene rings is 1. The minimum absolute atomic E-state index is 0.0827. The third-order valence-electron chi connectivity index (χ3n) is 4.70. The number of nitrogens with two attached hydrogens (primary N) is 1. The van der Waals surface area contributed by atoms with Gasteiger partial charge in [0.15, 0.2) is 0 Å². The first kappa shape index (κ1) is 19.5. The number of nitrogens with zero attached hydrogens (tertiary/aromatic N) is 2. The second-order valence-corrected chi connectivity index (χ2v) is 8.95. The normalized spacial score (nSPS) is 17.8. The quantitative estimate of drug-likeness (QED) is 0.826. The zero-order valence-electron chi connectivity index (χ0n) is 16.0. The first-order valence-corrected chi connectivity index (χ1v) is 9.96. The van der Waals surface area contributed by atoms with Gasteiger partial charge >= 0.3 is 0 Å². The largest absolute Gasteiger partial charge is 0.368 e. The van der Waals surface area contributed by atoms with Gasteiger partial charge in [-0.2, -0.15) is 0 Å². The molecule has 3 N–H and O–H groups in total. The van der Waals surface area contributed by atoms with Gasteiger partial charge in [0.25, 0.3) is 5.91 Å². The van der Waals surface area contributed by atoms with Crippen LogP contribution in [0, 0.1) is 0 Å². The topological polar surface area (TPSA) is 88.3 Å². The van der Waals surface area contributed by atoms with Gasteiger partial charge in [0.05, 0.1) is 17.2 Å². The molecule has 2 heterocycles. The zero-order valence-corrected chi connectivity index (χ0v) is 16.8.